The minimum Gasteiger partial charge on any atom is -0.393 e. The Morgan fingerprint density at radius 2 is 1.53 bits per heavy atom. The first kappa shape index (κ1) is 14.9. The average molecular weight is 215 g/mol. The molecule has 0 heterocycles. The summed E-state index contributed by atoms with van der Waals surface area (Å²) < 4.78 is 0. The number of aliphatic hydroxyl groups is 1. The van der Waals surface area contributed by atoms with Gasteiger partial charge in [-0.15, -0.1) is 0 Å². The smallest absolute Gasteiger partial charge is 0.0575 e. The molecule has 0 radical (unpaired) electrons. The number of hydrogen-bond acceptors (Lipinski definition) is 2. The maximum atomic E-state index is 9.62. The molecule has 0 aromatic carbocycles. The summed E-state index contributed by atoms with van der Waals surface area (Å²) in [7, 11) is 0. The van der Waals surface area contributed by atoms with E-state index in [1.54, 1.807) is 0 Å². The maximum absolute atomic E-state index is 9.62. The van der Waals surface area contributed by atoms with Gasteiger partial charge in [0.25, 0.3) is 0 Å². The van der Waals surface area contributed by atoms with Gasteiger partial charge in [0.2, 0.25) is 0 Å². The van der Waals surface area contributed by atoms with Crippen molar-refractivity contribution in [1.82, 2.24) is 5.32 Å². The Kier molecular flexibility index (Phi) is 8.07. The lowest BCUT2D eigenvalue weighted by molar-refractivity contribution is 0.115. The van der Waals surface area contributed by atoms with Crippen LogP contribution >= 0.6 is 0 Å². The third-order valence-electron chi connectivity index (χ3n) is 2.88. The summed E-state index contributed by atoms with van der Waals surface area (Å²) in [5.41, 5.74) is 0. The predicted octanol–water partition coefficient (Wildman–Crippen LogP) is 2.81. The molecule has 0 rings (SSSR count). The van der Waals surface area contributed by atoms with E-state index in [9.17, 15) is 5.11 Å². The quantitative estimate of drug-likeness (QED) is 0.652. The third-order valence-corrected chi connectivity index (χ3v) is 2.88. The zero-order valence-electron chi connectivity index (χ0n) is 11.1. The van der Waals surface area contributed by atoms with Gasteiger partial charge in [0, 0.05) is 6.04 Å². The van der Waals surface area contributed by atoms with Gasteiger partial charge in [-0.1, -0.05) is 27.7 Å². The average Bonchev–Trinajstić information content (AvgIpc) is 2.14. The third kappa shape index (κ3) is 8.88. The number of nitrogens with one attached hydrogen (secondary N) is 1. The molecule has 0 aliphatic carbocycles. The molecule has 2 nitrogen and oxygen atoms in total. The fourth-order valence-corrected chi connectivity index (χ4v) is 1.50. The molecule has 0 bridgehead atoms. The fourth-order valence-electron chi connectivity index (χ4n) is 1.50. The van der Waals surface area contributed by atoms with E-state index in [2.05, 4.69) is 39.9 Å². The normalized spacial score (nSPS) is 16.0. The molecule has 2 heteroatoms. The number of aliphatic hydroxyl groups excluding tert-OH is 1. The van der Waals surface area contributed by atoms with Crippen molar-refractivity contribution in [3.63, 3.8) is 0 Å². The Hall–Kier alpha value is -0.0800. The van der Waals surface area contributed by atoms with E-state index in [1.165, 1.54) is 12.8 Å². The largest absolute Gasteiger partial charge is 0.393 e. The molecular weight excluding hydrogens is 186 g/mol. The van der Waals surface area contributed by atoms with Crippen molar-refractivity contribution in [1.29, 1.82) is 0 Å². The van der Waals surface area contributed by atoms with E-state index in [1.807, 2.05) is 0 Å². The molecule has 0 saturated heterocycles. The van der Waals surface area contributed by atoms with Crippen molar-refractivity contribution in [3.8, 4) is 0 Å². The molecule has 0 aliphatic rings. The van der Waals surface area contributed by atoms with Crippen molar-refractivity contribution in [3.05, 3.63) is 0 Å². The first-order valence-corrected chi connectivity index (χ1v) is 6.35. The Labute approximate surface area is 95.5 Å². The molecule has 2 unspecified atom stereocenters. The summed E-state index contributed by atoms with van der Waals surface area (Å²) in [6.07, 6.45) is 3.22. The van der Waals surface area contributed by atoms with E-state index in [-0.39, 0.29) is 6.10 Å². The van der Waals surface area contributed by atoms with Gasteiger partial charge < -0.3 is 10.4 Å². The zero-order valence-corrected chi connectivity index (χ0v) is 11.1. The van der Waals surface area contributed by atoms with Gasteiger partial charge >= 0.3 is 0 Å². The molecule has 2 N–H and O–H groups in total. The second-order valence-electron chi connectivity index (χ2n) is 5.43. The lowest BCUT2D eigenvalue weighted by atomic mass is 10.0. The lowest BCUT2D eigenvalue weighted by Crippen LogP contribution is -2.30. The Morgan fingerprint density at radius 1 is 0.933 bits per heavy atom. The summed E-state index contributed by atoms with van der Waals surface area (Å²) >= 11 is 0. The molecule has 0 amide bonds. The highest BCUT2D eigenvalue weighted by atomic mass is 16.3. The summed E-state index contributed by atoms with van der Waals surface area (Å²) in [4.78, 5) is 0. The molecule has 15 heavy (non-hydrogen) atoms. The van der Waals surface area contributed by atoms with Crippen molar-refractivity contribution >= 4 is 0 Å². The monoisotopic (exact) mass is 215 g/mol. The summed E-state index contributed by atoms with van der Waals surface area (Å²) in [5.74, 6) is 1.16. The van der Waals surface area contributed by atoms with Gasteiger partial charge in [-0.05, 0) is 44.6 Å². The standard InChI is InChI=1S/C13H29NO/c1-10(2)6-7-12(5)14-9-8-13(15)11(3)4/h10-15H,6-9H2,1-5H3. The molecular formula is C13H29NO. The summed E-state index contributed by atoms with van der Waals surface area (Å²) in [6, 6.07) is 0.576. The van der Waals surface area contributed by atoms with Crippen LogP contribution in [-0.2, 0) is 0 Å². The van der Waals surface area contributed by atoms with Crippen molar-refractivity contribution in [2.75, 3.05) is 6.54 Å². The highest BCUT2D eigenvalue weighted by Crippen LogP contribution is 2.07. The van der Waals surface area contributed by atoms with Crippen LogP contribution < -0.4 is 5.32 Å². The van der Waals surface area contributed by atoms with Crippen LogP contribution in [0.2, 0.25) is 0 Å². The van der Waals surface area contributed by atoms with E-state index in [0.717, 1.165) is 18.9 Å². The molecule has 0 aromatic rings. The molecule has 0 aliphatic heterocycles. The van der Waals surface area contributed by atoms with Crippen LogP contribution in [0.1, 0.15) is 53.9 Å². The second-order valence-corrected chi connectivity index (χ2v) is 5.43. The Morgan fingerprint density at radius 3 is 2.00 bits per heavy atom. The fraction of sp³-hybridized carbons (Fsp3) is 1.00. The van der Waals surface area contributed by atoms with Crippen molar-refractivity contribution in [2.45, 2.75) is 66.0 Å². The topological polar surface area (TPSA) is 32.3 Å². The second kappa shape index (κ2) is 8.12. The summed E-state index contributed by atoms with van der Waals surface area (Å²) in [6.45, 7) is 11.8. The molecule has 0 fully saturated rings. The van der Waals surface area contributed by atoms with Crippen LogP contribution in [0, 0.1) is 11.8 Å². The SMILES string of the molecule is CC(C)CCC(C)NCCC(O)C(C)C. The first-order chi connectivity index (χ1) is 6.93. The van der Waals surface area contributed by atoms with Crippen LogP contribution in [0.15, 0.2) is 0 Å². The van der Waals surface area contributed by atoms with Gasteiger partial charge in [-0.2, -0.15) is 0 Å². The summed E-state index contributed by atoms with van der Waals surface area (Å²) in [5, 5.41) is 13.1. The molecule has 0 saturated carbocycles. The van der Waals surface area contributed by atoms with Crippen LogP contribution in [0.4, 0.5) is 0 Å². The highest BCUT2D eigenvalue weighted by Gasteiger charge is 2.09. The van der Waals surface area contributed by atoms with Crippen LogP contribution in [0.25, 0.3) is 0 Å². The molecule has 0 aromatic heterocycles. The highest BCUT2D eigenvalue weighted by molar-refractivity contribution is 4.66. The number of rotatable bonds is 8. The molecule has 2 atom stereocenters. The zero-order chi connectivity index (χ0) is 11.8. The Balaban J connectivity index is 3.42. The van der Waals surface area contributed by atoms with Gasteiger partial charge in [0.15, 0.2) is 0 Å². The minimum atomic E-state index is -0.158. The minimum absolute atomic E-state index is 0.158. The van der Waals surface area contributed by atoms with Gasteiger partial charge in [0.05, 0.1) is 6.10 Å². The van der Waals surface area contributed by atoms with Gasteiger partial charge in [0.1, 0.15) is 0 Å². The van der Waals surface area contributed by atoms with E-state index in [4.69, 9.17) is 0 Å². The predicted molar refractivity (Wildman–Crippen MR) is 67.0 cm³/mol. The van der Waals surface area contributed by atoms with E-state index >= 15 is 0 Å². The van der Waals surface area contributed by atoms with E-state index in [0.29, 0.717) is 12.0 Å². The molecule has 92 valence electrons. The number of hydrogen-bond donors (Lipinski definition) is 2. The van der Waals surface area contributed by atoms with Gasteiger partial charge in [-0.25, -0.2) is 0 Å². The van der Waals surface area contributed by atoms with Crippen LogP contribution in [0.3, 0.4) is 0 Å². The van der Waals surface area contributed by atoms with E-state index < -0.39 is 0 Å². The van der Waals surface area contributed by atoms with Gasteiger partial charge in [-0.3, -0.25) is 0 Å². The molecule has 0 spiro atoms. The van der Waals surface area contributed by atoms with Crippen molar-refractivity contribution in [2.24, 2.45) is 11.8 Å². The first-order valence-electron chi connectivity index (χ1n) is 6.35. The van der Waals surface area contributed by atoms with Crippen LogP contribution in [0.5, 0.6) is 0 Å². The van der Waals surface area contributed by atoms with Crippen molar-refractivity contribution < 1.29 is 5.11 Å². The van der Waals surface area contributed by atoms with Crippen LogP contribution in [-0.4, -0.2) is 23.8 Å². The Bertz CT molecular complexity index is 145. The maximum Gasteiger partial charge on any atom is 0.0575 e. The lowest BCUT2D eigenvalue weighted by Gasteiger charge is -2.18.